The number of piperazine rings is 1. The molecule has 0 spiro atoms. The van der Waals surface area contributed by atoms with Crippen LogP contribution >= 0.6 is 0 Å². The Morgan fingerprint density at radius 3 is 2.41 bits per heavy atom. The van der Waals surface area contributed by atoms with Gasteiger partial charge < -0.3 is 5.73 Å². The van der Waals surface area contributed by atoms with Crippen LogP contribution in [0.2, 0.25) is 0 Å². The Kier molecular flexibility index (Phi) is 6.45. The van der Waals surface area contributed by atoms with Crippen molar-refractivity contribution in [1.29, 1.82) is 0 Å². The normalized spacial score (nSPS) is 27.0. The van der Waals surface area contributed by atoms with E-state index in [1.807, 2.05) is 0 Å². The molecule has 0 saturated carbocycles. The highest BCUT2D eigenvalue weighted by Gasteiger charge is 2.29. The monoisotopic (exact) mass is 241 g/mol. The first-order chi connectivity index (χ1) is 8.13. The summed E-state index contributed by atoms with van der Waals surface area (Å²) in [6.07, 6.45) is 3.53. The van der Waals surface area contributed by atoms with Gasteiger partial charge in [-0.25, -0.2) is 0 Å². The Labute approximate surface area is 107 Å². The van der Waals surface area contributed by atoms with Gasteiger partial charge in [0.15, 0.2) is 0 Å². The molecule has 0 aromatic rings. The van der Waals surface area contributed by atoms with Crippen LogP contribution in [-0.4, -0.2) is 54.1 Å². The van der Waals surface area contributed by atoms with Crippen LogP contribution in [0.3, 0.4) is 0 Å². The van der Waals surface area contributed by atoms with E-state index in [4.69, 9.17) is 5.73 Å². The highest BCUT2D eigenvalue weighted by Crippen LogP contribution is 2.17. The van der Waals surface area contributed by atoms with E-state index < -0.39 is 0 Å². The van der Waals surface area contributed by atoms with E-state index in [9.17, 15) is 0 Å². The van der Waals surface area contributed by atoms with Gasteiger partial charge in [-0.2, -0.15) is 0 Å². The zero-order valence-corrected chi connectivity index (χ0v) is 12.2. The van der Waals surface area contributed by atoms with Gasteiger partial charge >= 0.3 is 0 Å². The van der Waals surface area contributed by atoms with Crippen LogP contribution in [0, 0.1) is 0 Å². The third-order valence-electron chi connectivity index (χ3n) is 4.21. The molecule has 2 N–H and O–H groups in total. The second kappa shape index (κ2) is 7.34. The number of hydrogen-bond acceptors (Lipinski definition) is 3. The Bertz CT molecular complexity index is 208. The van der Waals surface area contributed by atoms with Crippen LogP contribution in [0.25, 0.3) is 0 Å². The van der Waals surface area contributed by atoms with Gasteiger partial charge in [0.2, 0.25) is 0 Å². The molecule has 1 saturated heterocycles. The fourth-order valence-corrected chi connectivity index (χ4v) is 3.15. The Balaban J connectivity index is 2.53. The van der Waals surface area contributed by atoms with Crippen LogP contribution in [0.5, 0.6) is 0 Å². The molecule has 1 heterocycles. The molecular formula is C14H31N3. The number of nitrogens with zero attached hydrogens (tertiary/aromatic N) is 2. The van der Waals surface area contributed by atoms with Crippen LogP contribution in [0.1, 0.15) is 47.0 Å². The molecule has 3 nitrogen and oxygen atoms in total. The summed E-state index contributed by atoms with van der Waals surface area (Å²) in [5.41, 5.74) is 6.33. The molecule has 1 aliphatic rings. The lowest BCUT2D eigenvalue weighted by Crippen LogP contribution is -2.58. The maximum atomic E-state index is 6.33. The molecule has 1 rings (SSSR count). The van der Waals surface area contributed by atoms with Crippen LogP contribution in [-0.2, 0) is 0 Å². The number of nitrogens with two attached hydrogens (primary N) is 1. The summed E-state index contributed by atoms with van der Waals surface area (Å²) in [7, 11) is 0. The first-order valence-electron chi connectivity index (χ1n) is 7.37. The van der Waals surface area contributed by atoms with E-state index in [0.717, 1.165) is 6.42 Å². The fourth-order valence-electron chi connectivity index (χ4n) is 3.15. The molecule has 17 heavy (non-hydrogen) atoms. The molecule has 0 amide bonds. The van der Waals surface area contributed by atoms with Crippen molar-refractivity contribution in [1.82, 2.24) is 9.80 Å². The van der Waals surface area contributed by atoms with Crippen molar-refractivity contribution < 1.29 is 0 Å². The summed E-state index contributed by atoms with van der Waals surface area (Å²) < 4.78 is 0. The molecule has 0 aromatic carbocycles. The Morgan fingerprint density at radius 1 is 1.24 bits per heavy atom. The van der Waals surface area contributed by atoms with Gasteiger partial charge in [-0.1, -0.05) is 27.2 Å². The zero-order chi connectivity index (χ0) is 12.8. The predicted octanol–water partition coefficient (Wildman–Crippen LogP) is 1.92. The fraction of sp³-hybridized carbons (Fsp3) is 1.00. The van der Waals surface area contributed by atoms with Gasteiger partial charge in [-0.05, 0) is 26.3 Å². The van der Waals surface area contributed by atoms with Crippen LogP contribution in [0.15, 0.2) is 0 Å². The quantitative estimate of drug-likeness (QED) is 0.771. The van der Waals surface area contributed by atoms with Gasteiger partial charge in [0.1, 0.15) is 0 Å². The summed E-state index contributed by atoms with van der Waals surface area (Å²) in [4.78, 5) is 5.19. The standard InChI is InChI=1S/C14H31N3/c1-5-8-13(15)14(6-2)17-10-9-16(7-3)12(4)11-17/h12-14H,5-11,15H2,1-4H3. The Hall–Kier alpha value is -0.120. The largest absolute Gasteiger partial charge is 0.326 e. The van der Waals surface area contributed by atoms with Gasteiger partial charge in [0.25, 0.3) is 0 Å². The van der Waals surface area contributed by atoms with Gasteiger partial charge in [-0.3, -0.25) is 9.80 Å². The average Bonchev–Trinajstić information content (AvgIpc) is 2.30. The Morgan fingerprint density at radius 2 is 1.94 bits per heavy atom. The van der Waals surface area contributed by atoms with E-state index in [-0.39, 0.29) is 0 Å². The lowest BCUT2D eigenvalue weighted by Gasteiger charge is -2.44. The first-order valence-corrected chi connectivity index (χ1v) is 7.37. The van der Waals surface area contributed by atoms with E-state index in [1.54, 1.807) is 0 Å². The first kappa shape index (κ1) is 14.9. The van der Waals surface area contributed by atoms with Crippen molar-refractivity contribution in [3.05, 3.63) is 0 Å². The molecule has 0 aromatic heterocycles. The smallest absolute Gasteiger partial charge is 0.0245 e. The third kappa shape index (κ3) is 3.94. The lowest BCUT2D eigenvalue weighted by atomic mass is 9.98. The van der Waals surface area contributed by atoms with E-state index in [1.165, 1.54) is 39.0 Å². The second-order valence-corrected chi connectivity index (χ2v) is 5.40. The lowest BCUT2D eigenvalue weighted by molar-refractivity contribution is 0.0478. The predicted molar refractivity (Wildman–Crippen MR) is 75.2 cm³/mol. The molecule has 102 valence electrons. The summed E-state index contributed by atoms with van der Waals surface area (Å²) in [5.74, 6) is 0. The summed E-state index contributed by atoms with van der Waals surface area (Å²) >= 11 is 0. The minimum atomic E-state index is 0.352. The summed E-state index contributed by atoms with van der Waals surface area (Å²) in [6, 6.07) is 1.61. The number of hydrogen-bond donors (Lipinski definition) is 1. The van der Waals surface area contributed by atoms with Gasteiger partial charge in [-0.15, -0.1) is 0 Å². The highest BCUT2D eigenvalue weighted by molar-refractivity contribution is 4.87. The maximum absolute atomic E-state index is 6.33. The van der Waals surface area contributed by atoms with Crippen molar-refractivity contribution in [2.75, 3.05) is 26.2 Å². The molecule has 3 unspecified atom stereocenters. The maximum Gasteiger partial charge on any atom is 0.0245 e. The van der Waals surface area contributed by atoms with E-state index in [0.29, 0.717) is 18.1 Å². The van der Waals surface area contributed by atoms with Crippen molar-refractivity contribution in [3.63, 3.8) is 0 Å². The van der Waals surface area contributed by atoms with Crippen molar-refractivity contribution in [2.45, 2.75) is 65.1 Å². The molecule has 0 radical (unpaired) electrons. The third-order valence-corrected chi connectivity index (χ3v) is 4.21. The van der Waals surface area contributed by atoms with Crippen LogP contribution in [0.4, 0.5) is 0 Å². The van der Waals surface area contributed by atoms with Gasteiger partial charge in [0, 0.05) is 37.8 Å². The molecule has 0 bridgehead atoms. The molecular weight excluding hydrogens is 210 g/mol. The zero-order valence-electron chi connectivity index (χ0n) is 12.2. The SMILES string of the molecule is CCCC(N)C(CC)N1CCN(CC)C(C)C1. The summed E-state index contributed by atoms with van der Waals surface area (Å²) in [6.45, 7) is 13.8. The van der Waals surface area contributed by atoms with Crippen molar-refractivity contribution >= 4 is 0 Å². The highest BCUT2D eigenvalue weighted by atomic mass is 15.3. The molecule has 3 atom stereocenters. The summed E-state index contributed by atoms with van der Waals surface area (Å²) in [5, 5.41) is 0. The average molecular weight is 241 g/mol. The minimum Gasteiger partial charge on any atom is -0.326 e. The molecule has 0 aliphatic carbocycles. The van der Waals surface area contributed by atoms with E-state index in [2.05, 4.69) is 37.5 Å². The molecule has 1 fully saturated rings. The van der Waals surface area contributed by atoms with Crippen molar-refractivity contribution in [3.8, 4) is 0 Å². The molecule has 1 aliphatic heterocycles. The van der Waals surface area contributed by atoms with E-state index >= 15 is 0 Å². The van der Waals surface area contributed by atoms with Crippen LogP contribution < -0.4 is 5.73 Å². The van der Waals surface area contributed by atoms with Gasteiger partial charge in [0.05, 0.1) is 0 Å². The molecule has 3 heteroatoms. The topological polar surface area (TPSA) is 32.5 Å². The number of rotatable bonds is 6. The minimum absolute atomic E-state index is 0.352. The number of likely N-dealkylation sites (N-methyl/N-ethyl adjacent to an activating group) is 1. The van der Waals surface area contributed by atoms with Crippen molar-refractivity contribution in [2.24, 2.45) is 5.73 Å². The second-order valence-electron chi connectivity index (χ2n) is 5.40.